The van der Waals surface area contributed by atoms with Crippen LogP contribution in [0, 0.1) is 6.92 Å². The highest BCUT2D eigenvalue weighted by Gasteiger charge is 2.33. The van der Waals surface area contributed by atoms with E-state index < -0.39 is 0 Å². The first-order valence-corrected chi connectivity index (χ1v) is 5.85. The summed E-state index contributed by atoms with van der Waals surface area (Å²) in [5.74, 6) is -0.108. The van der Waals surface area contributed by atoms with Crippen molar-refractivity contribution in [3.8, 4) is 11.3 Å². The maximum absolute atomic E-state index is 12.4. The minimum Gasteiger partial charge on any atom is -0.341 e. The van der Waals surface area contributed by atoms with Crippen molar-refractivity contribution in [2.45, 2.75) is 6.92 Å². The van der Waals surface area contributed by atoms with Gasteiger partial charge < -0.3 is 10.6 Å². The first-order chi connectivity index (χ1) is 9.13. The van der Waals surface area contributed by atoms with Gasteiger partial charge in [0.2, 0.25) is 0 Å². The number of aryl methyl sites for hydroxylation is 1. The first kappa shape index (κ1) is 11.5. The molecule has 19 heavy (non-hydrogen) atoms. The van der Waals surface area contributed by atoms with Crippen LogP contribution in [0.4, 0.5) is 10.5 Å². The minimum absolute atomic E-state index is 0.108. The lowest BCUT2D eigenvalue weighted by Crippen LogP contribution is -2.25. The maximum atomic E-state index is 12.4. The van der Waals surface area contributed by atoms with Crippen molar-refractivity contribution in [3.63, 3.8) is 0 Å². The Labute approximate surface area is 109 Å². The van der Waals surface area contributed by atoms with Crippen LogP contribution in [0.5, 0.6) is 0 Å². The van der Waals surface area contributed by atoms with Crippen molar-refractivity contribution in [2.24, 2.45) is 0 Å². The van der Waals surface area contributed by atoms with Gasteiger partial charge in [0.15, 0.2) is 5.78 Å². The van der Waals surface area contributed by atoms with Crippen molar-refractivity contribution in [1.29, 1.82) is 0 Å². The number of benzene rings is 1. The summed E-state index contributed by atoms with van der Waals surface area (Å²) in [7, 11) is 1.52. The van der Waals surface area contributed by atoms with E-state index in [1.165, 1.54) is 7.05 Å². The second-order valence-electron chi connectivity index (χ2n) is 4.33. The molecule has 1 aliphatic carbocycles. The highest BCUT2D eigenvalue weighted by Crippen LogP contribution is 2.39. The molecule has 0 bridgehead atoms. The number of hydrogen-bond donors (Lipinski definition) is 3. The van der Waals surface area contributed by atoms with E-state index in [9.17, 15) is 9.59 Å². The number of carbonyl (C=O) groups excluding carboxylic acids is 2. The predicted molar refractivity (Wildman–Crippen MR) is 70.3 cm³/mol. The lowest BCUT2D eigenvalue weighted by atomic mass is 10.1. The number of aromatic amines is 1. The lowest BCUT2D eigenvalue weighted by molar-refractivity contribution is 0.104. The van der Waals surface area contributed by atoms with E-state index in [-0.39, 0.29) is 11.8 Å². The van der Waals surface area contributed by atoms with Gasteiger partial charge in [0.25, 0.3) is 0 Å². The summed E-state index contributed by atoms with van der Waals surface area (Å²) in [6.07, 6.45) is 0. The summed E-state index contributed by atoms with van der Waals surface area (Å²) >= 11 is 0. The van der Waals surface area contributed by atoms with Crippen LogP contribution in [0.2, 0.25) is 0 Å². The summed E-state index contributed by atoms with van der Waals surface area (Å²) in [5.41, 5.74) is 3.72. The van der Waals surface area contributed by atoms with Crippen molar-refractivity contribution in [2.75, 3.05) is 12.4 Å². The standard InChI is InChI=1S/C13H12N4O2/c1-6-9-11(17-16-6)7-4-3-5-8(10(7)12(9)18)15-13(19)14-2/h3-5H,1-2H3,(H,16,17)(H2,14,15,19). The molecule has 1 aromatic carbocycles. The summed E-state index contributed by atoms with van der Waals surface area (Å²) in [6, 6.07) is 4.96. The highest BCUT2D eigenvalue weighted by molar-refractivity contribution is 6.25. The van der Waals surface area contributed by atoms with Gasteiger partial charge in [0, 0.05) is 18.3 Å². The van der Waals surface area contributed by atoms with Gasteiger partial charge in [-0.05, 0) is 13.0 Å². The van der Waals surface area contributed by atoms with Gasteiger partial charge in [-0.15, -0.1) is 0 Å². The largest absolute Gasteiger partial charge is 0.341 e. The zero-order valence-electron chi connectivity index (χ0n) is 10.5. The molecular formula is C13H12N4O2. The number of urea groups is 1. The Balaban J connectivity index is 2.16. The number of rotatable bonds is 1. The molecule has 3 N–H and O–H groups in total. The molecule has 1 aliphatic rings. The number of fused-ring (bicyclic) bond motifs is 3. The molecule has 0 radical (unpaired) electrons. The molecule has 2 amide bonds. The van der Waals surface area contributed by atoms with E-state index in [0.29, 0.717) is 22.5 Å². The fourth-order valence-corrected chi connectivity index (χ4v) is 2.31. The van der Waals surface area contributed by atoms with Crippen LogP contribution in [0.15, 0.2) is 18.2 Å². The van der Waals surface area contributed by atoms with E-state index in [2.05, 4.69) is 20.8 Å². The van der Waals surface area contributed by atoms with Crippen LogP contribution in [-0.4, -0.2) is 29.1 Å². The second-order valence-corrected chi connectivity index (χ2v) is 4.33. The van der Waals surface area contributed by atoms with Gasteiger partial charge >= 0.3 is 6.03 Å². The van der Waals surface area contributed by atoms with Crippen molar-refractivity contribution in [3.05, 3.63) is 35.0 Å². The fourth-order valence-electron chi connectivity index (χ4n) is 2.31. The van der Waals surface area contributed by atoms with E-state index in [0.717, 1.165) is 11.3 Å². The Kier molecular flexibility index (Phi) is 2.38. The van der Waals surface area contributed by atoms with Crippen LogP contribution in [-0.2, 0) is 0 Å². The number of H-pyrrole nitrogens is 1. The number of anilines is 1. The number of carbonyl (C=O) groups is 2. The molecule has 0 unspecified atom stereocenters. The molecule has 0 aliphatic heterocycles. The Hall–Kier alpha value is -2.63. The number of aromatic nitrogens is 2. The zero-order valence-corrected chi connectivity index (χ0v) is 10.5. The molecule has 0 saturated heterocycles. The van der Waals surface area contributed by atoms with Crippen molar-refractivity contribution >= 4 is 17.5 Å². The third kappa shape index (κ3) is 1.53. The summed E-state index contributed by atoms with van der Waals surface area (Å²) in [4.78, 5) is 23.8. The lowest BCUT2D eigenvalue weighted by Gasteiger charge is -2.08. The second kappa shape index (κ2) is 3.94. The molecule has 0 atom stereocenters. The molecule has 2 aromatic rings. The van der Waals surface area contributed by atoms with Crippen LogP contribution >= 0.6 is 0 Å². The molecule has 96 valence electrons. The van der Waals surface area contributed by atoms with Crippen LogP contribution in [0.25, 0.3) is 11.3 Å². The molecule has 6 nitrogen and oxygen atoms in total. The van der Waals surface area contributed by atoms with Gasteiger partial charge in [0.1, 0.15) is 5.69 Å². The molecule has 1 heterocycles. The first-order valence-electron chi connectivity index (χ1n) is 5.85. The van der Waals surface area contributed by atoms with E-state index in [1.54, 1.807) is 12.1 Å². The molecule has 1 aromatic heterocycles. The van der Waals surface area contributed by atoms with Crippen molar-refractivity contribution in [1.82, 2.24) is 15.5 Å². The summed E-state index contributed by atoms with van der Waals surface area (Å²) < 4.78 is 0. The van der Waals surface area contributed by atoms with Crippen molar-refractivity contribution < 1.29 is 9.59 Å². The third-order valence-corrected chi connectivity index (χ3v) is 3.20. The van der Waals surface area contributed by atoms with E-state index >= 15 is 0 Å². The highest BCUT2D eigenvalue weighted by atomic mass is 16.2. The third-order valence-electron chi connectivity index (χ3n) is 3.20. The number of hydrogen-bond acceptors (Lipinski definition) is 3. The van der Waals surface area contributed by atoms with Crippen LogP contribution in [0.1, 0.15) is 21.6 Å². The Morgan fingerprint density at radius 3 is 2.84 bits per heavy atom. The number of nitrogens with one attached hydrogen (secondary N) is 3. The number of amides is 2. The smallest absolute Gasteiger partial charge is 0.318 e. The number of ketones is 1. The Bertz CT molecular complexity index is 703. The van der Waals surface area contributed by atoms with E-state index in [4.69, 9.17) is 0 Å². The molecule has 3 rings (SSSR count). The Morgan fingerprint density at radius 2 is 2.11 bits per heavy atom. The van der Waals surface area contributed by atoms with Gasteiger partial charge in [-0.25, -0.2) is 4.79 Å². The fraction of sp³-hybridized carbons (Fsp3) is 0.154. The van der Waals surface area contributed by atoms with Gasteiger partial charge in [-0.3, -0.25) is 9.89 Å². The Morgan fingerprint density at radius 1 is 1.32 bits per heavy atom. The zero-order chi connectivity index (χ0) is 13.6. The van der Waals surface area contributed by atoms with Gasteiger partial charge in [-0.2, -0.15) is 5.10 Å². The van der Waals surface area contributed by atoms with E-state index in [1.807, 2.05) is 13.0 Å². The van der Waals surface area contributed by atoms with Crippen LogP contribution in [0.3, 0.4) is 0 Å². The normalized spacial score (nSPS) is 12.0. The quantitative estimate of drug-likeness (QED) is 0.619. The van der Waals surface area contributed by atoms with Gasteiger partial charge in [-0.1, -0.05) is 12.1 Å². The summed E-state index contributed by atoms with van der Waals surface area (Å²) in [6.45, 7) is 1.81. The SMILES string of the molecule is CNC(=O)Nc1cccc2c1C(=O)c1c-2n[nH]c1C. The minimum atomic E-state index is -0.357. The number of nitrogens with zero attached hydrogens (tertiary/aromatic N) is 1. The molecule has 0 fully saturated rings. The monoisotopic (exact) mass is 256 g/mol. The molecule has 6 heteroatoms. The summed E-state index contributed by atoms with van der Waals surface area (Å²) in [5, 5.41) is 12.1. The molecule has 0 spiro atoms. The van der Waals surface area contributed by atoms with Gasteiger partial charge in [0.05, 0.1) is 16.8 Å². The molecule has 0 saturated carbocycles. The average Bonchev–Trinajstić information content (AvgIpc) is 2.91. The maximum Gasteiger partial charge on any atom is 0.318 e. The molecular weight excluding hydrogens is 244 g/mol. The topological polar surface area (TPSA) is 86.9 Å². The van der Waals surface area contributed by atoms with Crippen LogP contribution < -0.4 is 10.6 Å². The predicted octanol–water partition coefficient (Wildman–Crippen LogP) is 1.68. The average molecular weight is 256 g/mol.